The highest BCUT2D eigenvalue weighted by Gasteiger charge is 2.68. The lowest BCUT2D eigenvalue weighted by Crippen LogP contribution is -2.54. The van der Waals surface area contributed by atoms with Crippen LogP contribution in [0.1, 0.15) is 5.56 Å². The van der Waals surface area contributed by atoms with E-state index in [9.17, 15) is 36.5 Å². The second-order valence-electron chi connectivity index (χ2n) is 3.69. The zero-order valence-corrected chi connectivity index (χ0v) is 9.08. The van der Waals surface area contributed by atoms with Crippen LogP contribution in [0.4, 0.5) is 32.0 Å². The third-order valence-electron chi connectivity index (χ3n) is 2.33. The molecule has 0 unspecified atom stereocenters. The number of hydrogen-bond acceptors (Lipinski definition) is 4. The van der Waals surface area contributed by atoms with Gasteiger partial charge in [-0.05, 0) is 6.07 Å². The highest BCUT2D eigenvalue weighted by molar-refractivity contribution is 5.46. The fraction of sp³-hybridized carbons (Fsp3) is 0.333. The minimum absolute atomic E-state index is 0.241. The molecule has 1 aromatic rings. The Balaban J connectivity index is 2.55. The van der Waals surface area contributed by atoms with Crippen LogP contribution in [-0.2, 0) is 10.8 Å². The zero-order chi connectivity index (χ0) is 15.3. The molecule has 0 radical (unpaired) electrons. The highest BCUT2D eigenvalue weighted by Crippen LogP contribution is 2.51. The Morgan fingerprint density at radius 3 is 2.30 bits per heavy atom. The van der Waals surface area contributed by atoms with Crippen molar-refractivity contribution in [1.82, 2.24) is 0 Å². The van der Waals surface area contributed by atoms with Gasteiger partial charge in [0.2, 0.25) is 0 Å². The summed E-state index contributed by atoms with van der Waals surface area (Å²) in [4.78, 5) is 9.35. The Hall–Kier alpha value is -2.04. The van der Waals surface area contributed by atoms with E-state index in [0.717, 1.165) is 0 Å². The van der Waals surface area contributed by atoms with Gasteiger partial charge in [-0.1, -0.05) is 0 Å². The van der Waals surface area contributed by atoms with Gasteiger partial charge in [-0.25, -0.2) is 4.74 Å². The molecule has 0 saturated heterocycles. The van der Waals surface area contributed by atoms with Crippen LogP contribution in [0.2, 0.25) is 0 Å². The first-order valence-electron chi connectivity index (χ1n) is 4.78. The van der Waals surface area contributed by atoms with Gasteiger partial charge in [-0.2, -0.15) is 26.3 Å². The van der Waals surface area contributed by atoms with Crippen LogP contribution in [0, 0.1) is 10.1 Å². The maximum atomic E-state index is 13.4. The molecular weight excluding hydrogens is 300 g/mol. The molecule has 0 N–H and O–H groups in total. The molecule has 0 fully saturated rings. The van der Waals surface area contributed by atoms with E-state index in [1.54, 1.807) is 0 Å². The van der Waals surface area contributed by atoms with Gasteiger partial charge in [0, 0.05) is 12.1 Å². The number of rotatable bonds is 1. The largest absolute Gasteiger partial charge is 0.491 e. The van der Waals surface area contributed by atoms with E-state index >= 15 is 0 Å². The summed E-state index contributed by atoms with van der Waals surface area (Å²) in [6.45, 7) is 0. The maximum absolute atomic E-state index is 13.4. The zero-order valence-electron chi connectivity index (χ0n) is 9.08. The molecule has 1 atom stereocenters. The predicted molar refractivity (Wildman–Crippen MR) is 48.6 cm³/mol. The number of non-ortho nitro benzene ring substituents is 1. The van der Waals surface area contributed by atoms with Crippen molar-refractivity contribution in [2.75, 3.05) is 0 Å². The van der Waals surface area contributed by atoms with E-state index in [1.807, 2.05) is 0 Å². The van der Waals surface area contributed by atoms with Gasteiger partial charge >= 0.3 is 18.3 Å². The van der Waals surface area contributed by atoms with Crippen LogP contribution in [-0.4, -0.2) is 17.1 Å². The second kappa shape index (κ2) is 3.98. The predicted octanol–water partition coefficient (Wildman–Crippen LogP) is 3.24. The van der Waals surface area contributed by atoms with Crippen molar-refractivity contribution in [3.05, 3.63) is 33.9 Å². The van der Waals surface area contributed by atoms with Crippen LogP contribution in [0.25, 0.3) is 0 Å². The first-order valence-corrected chi connectivity index (χ1v) is 4.78. The van der Waals surface area contributed by atoms with Gasteiger partial charge < -0.3 is 4.74 Å². The van der Waals surface area contributed by atoms with E-state index in [4.69, 9.17) is 0 Å². The summed E-state index contributed by atoms with van der Waals surface area (Å²) in [6, 6.07) is -3.77. The van der Waals surface area contributed by atoms with Crippen molar-refractivity contribution < 1.29 is 40.7 Å². The molecule has 1 aliphatic rings. The summed E-state index contributed by atoms with van der Waals surface area (Å²) in [5.41, 5.74) is -2.21. The number of hydrogen-bond donors (Lipinski definition) is 0. The normalized spacial score (nSPS) is 24.7. The quantitative estimate of drug-likeness (QED) is 0.454. The van der Waals surface area contributed by atoms with Gasteiger partial charge in [-0.15, -0.1) is 0 Å². The van der Waals surface area contributed by atoms with Gasteiger partial charge in [0.15, 0.2) is 0 Å². The van der Waals surface area contributed by atoms with Crippen molar-refractivity contribution in [1.29, 1.82) is 0 Å². The topological polar surface area (TPSA) is 61.6 Å². The summed E-state index contributed by atoms with van der Waals surface area (Å²) >= 11 is 0. The molecule has 0 aliphatic carbocycles. The van der Waals surface area contributed by atoms with Crippen LogP contribution < -0.4 is 4.74 Å². The molecule has 11 heteroatoms. The van der Waals surface area contributed by atoms with Gasteiger partial charge in [0.05, 0.1) is 10.5 Å². The summed E-state index contributed by atoms with van der Waals surface area (Å²) in [5, 5.41) is 10.4. The first kappa shape index (κ1) is 14.4. The second-order valence-corrected chi connectivity index (χ2v) is 3.69. The lowest BCUT2D eigenvalue weighted by Gasteiger charge is -2.36. The molecule has 5 nitrogen and oxygen atoms in total. The van der Waals surface area contributed by atoms with Crippen LogP contribution in [0.15, 0.2) is 18.2 Å². The molecule has 1 aromatic carbocycles. The lowest BCUT2D eigenvalue weighted by molar-refractivity contribution is -0.487. The van der Waals surface area contributed by atoms with Crippen LogP contribution >= 0.6 is 0 Å². The Kier molecular flexibility index (Phi) is 2.86. The molecule has 0 amide bonds. The fourth-order valence-corrected chi connectivity index (χ4v) is 1.45. The van der Waals surface area contributed by atoms with Gasteiger partial charge in [0.25, 0.3) is 5.69 Å². The van der Waals surface area contributed by atoms with Crippen molar-refractivity contribution >= 4 is 5.69 Å². The third kappa shape index (κ3) is 2.13. The van der Waals surface area contributed by atoms with Gasteiger partial charge in [0.1, 0.15) is 5.75 Å². The maximum Gasteiger partial charge on any atom is 0.491 e. The van der Waals surface area contributed by atoms with Crippen molar-refractivity contribution in [3.8, 4) is 5.75 Å². The van der Waals surface area contributed by atoms with Crippen LogP contribution in [0.5, 0.6) is 5.75 Å². The molecule has 0 spiro atoms. The molecular formula is C9H3F6NO4. The van der Waals surface area contributed by atoms with Crippen molar-refractivity contribution in [2.24, 2.45) is 0 Å². The molecule has 0 saturated carbocycles. The van der Waals surface area contributed by atoms with Gasteiger partial charge in [-0.3, -0.25) is 10.1 Å². The molecule has 0 bridgehead atoms. The van der Waals surface area contributed by atoms with E-state index in [1.165, 1.54) is 0 Å². The van der Waals surface area contributed by atoms with E-state index in [-0.39, 0.29) is 6.07 Å². The standard InChI is InChI=1S/C9H3F6NO4/c10-7(11)5-3-4(16(17)18)1-2-6(5)19-9(15,20-7)8(12,13)14/h1-3H/t9-/m1/s1. The Morgan fingerprint density at radius 2 is 1.80 bits per heavy atom. The molecule has 2 rings (SSSR count). The summed E-state index contributed by atoms with van der Waals surface area (Å²) < 4.78 is 83.8. The number of fused-ring (bicyclic) bond motifs is 1. The Morgan fingerprint density at radius 1 is 1.20 bits per heavy atom. The first-order chi connectivity index (χ1) is 8.96. The summed E-state index contributed by atoms with van der Waals surface area (Å²) in [7, 11) is 0. The number of halogens is 6. The molecule has 1 heterocycles. The van der Waals surface area contributed by atoms with E-state index in [0.29, 0.717) is 12.1 Å². The average Bonchev–Trinajstić information content (AvgIpc) is 2.25. The lowest BCUT2D eigenvalue weighted by atomic mass is 10.1. The number of alkyl halides is 6. The Bertz CT molecular complexity index is 574. The van der Waals surface area contributed by atoms with Crippen molar-refractivity contribution in [3.63, 3.8) is 0 Å². The number of nitro benzene ring substituents is 1. The molecule has 1 aliphatic heterocycles. The molecule has 0 aromatic heterocycles. The summed E-state index contributed by atoms with van der Waals surface area (Å²) in [6.07, 6.45) is -10.6. The number of nitro groups is 1. The summed E-state index contributed by atoms with van der Waals surface area (Å²) in [5.74, 6) is -1.20. The minimum atomic E-state index is -5.88. The number of ether oxygens (including phenoxy) is 2. The highest BCUT2D eigenvalue weighted by atomic mass is 19.4. The average molecular weight is 303 g/mol. The van der Waals surface area contributed by atoms with E-state index < -0.39 is 40.2 Å². The minimum Gasteiger partial charge on any atom is -0.428 e. The van der Waals surface area contributed by atoms with Crippen LogP contribution in [0.3, 0.4) is 0 Å². The molecule has 20 heavy (non-hydrogen) atoms. The molecule has 110 valence electrons. The smallest absolute Gasteiger partial charge is 0.428 e. The fourth-order valence-electron chi connectivity index (χ4n) is 1.45. The number of benzene rings is 1. The number of nitrogens with zero attached hydrogens (tertiary/aromatic N) is 1. The van der Waals surface area contributed by atoms with Crippen molar-refractivity contribution in [2.45, 2.75) is 18.3 Å². The van der Waals surface area contributed by atoms with E-state index in [2.05, 4.69) is 9.47 Å². The monoisotopic (exact) mass is 303 g/mol. The SMILES string of the molecule is O=[N+]([O-])c1ccc2c(c1)C(F)(F)O[C@@](F)(C(F)(F)F)O2. The third-order valence-corrected chi connectivity index (χ3v) is 2.33. The Labute approximate surface area is 105 Å².